The molecule has 0 aromatic heterocycles. The van der Waals surface area contributed by atoms with Crippen molar-refractivity contribution in [2.75, 3.05) is 20.9 Å². The van der Waals surface area contributed by atoms with E-state index in [4.69, 9.17) is 0 Å². The molecule has 0 fully saturated rings. The summed E-state index contributed by atoms with van der Waals surface area (Å²) in [6.07, 6.45) is 0. The van der Waals surface area contributed by atoms with Crippen molar-refractivity contribution in [3.05, 3.63) is 35.2 Å². The molecule has 5 heteroatoms. The van der Waals surface area contributed by atoms with Crippen molar-refractivity contribution >= 4 is 13.9 Å². The minimum atomic E-state index is 0. The van der Waals surface area contributed by atoms with Gasteiger partial charge < -0.3 is 0 Å². The average molecular weight is 216 g/mol. The Morgan fingerprint density at radius 1 is 1.14 bits per heavy atom. The van der Waals surface area contributed by atoms with Gasteiger partial charge in [0.25, 0.3) is 0 Å². The molecule has 0 saturated carbocycles. The van der Waals surface area contributed by atoms with Crippen LogP contribution in [0.2, 0.25) is 0 Å². The van der Waals surface area contributed by atoms with E-state index in [-0.39, 0.29) is 5.09 Å². The maximum absolute atomic E-state index is 9.65. The van der Waals surface area contributed by atoms with Crippen LogP contribution in [-0.2, 0) is 9.68 Å². The van der Waals surface area contributed by atoms with Crippen LogP contribution in [0.3, 0.4) is 0 Å². The fourth-order valence-corrected chi connectivity index (χ4v) is 1.21. The lowest BCUT2D eigenvalue weighted by Gasteiger charge is -1.89. The van der Waals surface area contributed by atoms with Crippen LogP contribution < -0.4 is 5.30 Å². The third kappa shape index (κ3) is 6.38. The number of benzene rings is 1. The molecule has 0 aliphatic carbocycles. The van der Waals surface area contributed by atoms with Gasteiger partial charge >= 0.3 is 5.09 Å². The molecule has 0 bridgehead atoms. The Morgan fingerprint density at radius 2 is 1.64 bits per heavy atom. The molecule has 1 aromatic carbocycles. The second-order valence-corrected chi connectivity index (χ2v) is 3.28. The Balaban J connectivity index is 0.000000255. The van der Waals surface area contributed by atoms with Crippen molar-refractivity contribution in [3.8, 4) is 0 Å². The van der Waals surface area contributed by atoms with E-state index in [0.717, 1.165) is 8.58 Å². The predicted molar refractivity (Wildman–Crippen MR) is 58.0 cm³/mol. The molecule has 0 amide bonds. The molecule has 1 rings (SSSR count). The van der Waals surface area contributed by atoms with E-state index in [0.29, 0.717) is 0 Å². The number of rotatable bonds is 3. The Kier molecular flexibility index (Phi) is 7.75. The molecule has 0 saturated heterocycles. The molecule has 1 atom stereocenters. The van der Waals surface area contributed by atoms with Gasteiger partial charge in [0.15, 0.2) is 14.2 Å². The Morgan fingerprint density at radius 3 is 1.86 bits per heavy atom. The normalized spacial score (nSPS) is 9.07. The smallest absolute Gasteiger partial charge is 0.190 e. The van der Waals surface area contributed by atoms with Crippen LogP contribution in [0.4, 0.5) is 0 Å². The van der Waals surface area contributed by atoms with Crippen molar-refractivity contribution in [1.82, 2.24) is 0 Å². The Bertz CT molecular complexity index is 247. The monoisotopic (exact) mass is 216 g/mol. The second kappa shape index (κ2) is 8.45. The SMILES string of the molecule is CO[N+](=O)OC.CPc1ccccc1. The first-order valence-electron chi connectivity index (χ1n) is 4.02. The zero-order valence-corrected chi connectivity index (χ0v) is 9.56. The topological polar surface area (TPSA) is 38.5 Å². The van der Waals surface area contributed by atoms with Gasteiger partial charge in [-0.3, -0.25) is 0 Å². The predicted octanol–water partition coefficient (Wildman–Crippen LogP) is 1.51. The van der Waals surface area contributed by atoms with Crippen LogP contribution in [0.1, 0.15) is 0 Å². The minimum absolute atomic E-state index is 0. The molecule has 4 nitrogen and oxygen atoms in total. The van der Waals surface area contributed by atoms with Crippen LogP contribution in [0.5, 0.6) is 0 Å². The average Bonchev–Trinajstić information content (AvgIpc) is 2.30. The lowest BCUT2D eigenvalue weighted by Crippen LogP contribution is -2.02. The summed E-state index contributed by atoms with van der Waals surface area (Å²) in [6, 6.07) is 10.5. The van der Waals surface area contributed by atoms with Gasteiger partial charge in [-0.25, -0.2) is 0 Å². The Labute approximate surface area is 85.5 Å². The third-order valence-electron chi connectivity index (χ3n) is 1.36. The molecular formula is C9H15NO3P+. The van der Waals surface area contributed by atoms with Gasteiger partial charge in [-0.15, -0.1) is 0 Å². The number of hydrogen-bond donors (Lipinski definition) is 0. The first-order valence-corrected chi connectivity index (χ1v) is 5.52. The highest BCUT2D eigenvalue weighted by atomic mass is 31.1. The minimum Gasteiger partial charge on any atom is -0.190 e. The zero-order valence-electron chi connectivity index (χ0n) is 8.56. The van der Waals surface area contributed by atoms with E-state index in [2.05, 4.69) is 40.6 Å². The van der Waals surface area contributed by atoms with Gasteiger partial charge in [-0.2, -0.15) is 9.68 Å². The maximum atomic E-state index is 9.65. The van der Waals surface area contributed by atoms with Crippen LogP contribution in [-0.4, -0.2) is 26.0 Å². The Hall–Kier alpha value is -1.15. The van der Waals surface area contributed by atoms with Crippen molar-refractivity contribution in [3.63, 3.8) is 0 Å². The van der Waals surface area contributed by atoms with E-state index in [1.165, 1.54) is 19.5 Å². The van der Waals surface area contributed by atoms with Crippen molar-refractivity contribution in [2.45, 2.75) is 0 Å². The summed E-state index contributed by atoms with van der Waals surface area (Å²) in [4.78, 5) is 17.6. The van der Waals surface area contributed by atoms with Gasteiger partial charge in [0.2, 0.25) is 0 Å². The highest BCUT2D eigenvalue weighted by molar-refractivity contribution is 7.46. The quantitative estimate of drug-likeness (QED) is 0.567. The van der Waals surface area contributed by atoms with E-state index >= 15 is 0 Å². The van der Waals surface area contributed by atoms with Gasteiger partial charge in [0.05, 0.1) is 0 Å². The standard InChI is InChI=1S/C7H9P.C2H6NO3/c1-8-7-5-3-2-4-6-7;1-5-3(4)6-2/h2-6,8H,1H3;1-2H3/q;+1. The molecule has 1 aromatic rings. The molecule has 78 valence electrons. The van der Waals surface area contributed by atoms with E-state index < -0.39 is 0 Å². The van der Waals surface area contributed by atoms with Crippen LogP contribution >= 0.6 is 8.58 Å². The molecule has 0 N–H and O–H groups in total. The molecule has 0 spiro atoms. The summed E-state index contributed by atoms with van der Waals surface area (Å²) in [7, 11) is 3.37. The molecule has 0 aliphatic heterocycles. The first kappa shape index (κ1) is 12.8. The molecule has 0 heterocycles. The molecule has 0 radical (unpaired) electrons. The summed E-state index contributed by atoms with van der Waals surface area (Å²) < 4.78 is 0. The summed E-state index contributed by atoms with van der Waals surface area (Å²) in [5.41, 5.74) is 0. The fourth-order valence-electron chi connectivity index (χ4n) is 0.679. The van der Waals surface area contributed by atoms with Gasteiger partial charge in [0, 0.05) is 0 Å². The largest absolute Gasteiger partial charge is 0.476 e. The van der Waals surface area contributed by atoms with Crippen LogP contribution in [0, 0.1) is 4.91 Å². The summed E-state index contributed by atoms with van der Waals surface area (Å²) in [6.45, 7) is 2.19. The first-order chi connectivity index (χ1) is 6.74. The zero-order chi connectivity index (χ0) is 10.8. The lowest BCUT2D eigenvalue weighted by molar-refractivity contribution is -0.972. The van der Waals surface area contributed by atoms with Crippen LogP contribution in [0.15, 0.2) is 30.3 Å². The van der Waals surface area contributed by atoms with Crippen molar-refractivity contribution in [2.24, 2.45) is 0 Å². The molecule has 14 heavy (non-hydrogen) atoms. The van der Waals surface area contributed by atoms with Gasteiger partial charge in [-0.05, 0) is 12.0 Å². The molecule has 0 aliphatic rings. The lowest BCUT2D eigenvalue weighted by atomic mass is 10.4. The summed E-state index contributed by atoms with van der Waals surface area (Å²) in [5.74, 6) is 0. The van der Waals surface area contributed by atoms with E-state index in [1.54, 1.807) is 0 Å². The maximum Gasteiger partial charge on any atom is 0.476 e. The molecular weight excluding hydrogens is 201 g/mol. The summed E-state index contributed by atoms with van der Waals surface area (Å²) >= 11 is 0. The summed E-state index contributed by atoms with van der Waals surface area (Å²) in [5, 5.41) is 1.44. The second-order valence-electron chi connectivity index (χ2n) is 2.20. The van der Waals surface area contributed by atoms with Gasteiger partial charge in [-0.1, -0.05) is 38.9 Å². The number of hydrogen-bond acceptors (Lipinski definition) is 3. The van der Waals surface area contributed by atoms with Crippen molar-refractivity contribution < 1.29 is 14.8 Å². The van der Waals surface area contributed by atoms with Gasteiger partial charge in [0.1, 0.15) is 4.91 Å². The third-order valence-corrected chi connectivity index (χ3v) is 2.27. The number of nitrogens with zero attached hydrogens (tertiary/aromatic N) is 1. The van der Waals surface area contributed by atoms with E-state index in [9.17, 15) is 4.91 Å². The molecule has 1 unspecified atom stereocenters. The highest BCUT2D eigenvalue weighted by Crippen LogP contribution is 2.00. The van der Waals surface area contributed by atoms with Crippen molar-refractivity contribution in [1.29, 1.82) is 0 Å². The fraction of sp³-hybridized carbons (Fsp3) is 0.333. The highest BCUT2D eigenvalue weighted by Gasteiger charge is 1.98. The van der Waals surface area contributed by atoms with Crippen LogP contribution in [0.25, 0.3) is 0 Å². The van der Waals surface area contributed by atoms with E-state index in [1.807, 2.05) is 6.07 Å².